The molecule has 132 valence electrons. The quantitative estimate of drug-likeness (QED) is 0.470. The molecule has 1 aliphatic carbocycles. The summed E-state index contributed by atoms with van der Waals surface area (Å²) in [5.41, 5.74) is 17.1. The van der Waals surface area contributed by atoms with E-state index in [-0.39, 0.29) is 0 Å². The van der Waals surface area contributed by atoms with Crippen molar-refractivity contribution in [2.24, 2.45) is 11.6 Å². The van der Waals surface area contributed by atoms with Crippen LogP contribution < -0.4 is 22.5 Å². The van der Waals surface area contributed by atoms with Crippen LogP contribution >= 0.6 is 11.6 Å². The normalized spacial score (nSPS) is 16.6. The van der Waals surface area contributed by atoms with E-state index in [2.05, 4.69) is 35.2 Å². The summed E-state index contributed by atoms with van der Waals surface area (Å²) in [5.74, 6) is 6.26. The predicted molar refractivity (Wildman–Crippen MR) is 103 cm³/mol. The second-order valence-electron chi connectivity index (χ2n) is 6.50. The molecule has 1 aliphatic rings. The van der Waals surface area contributed by atoms with Gasteiger partial charge in [0.15, 0.2) is 0 Å². The molecule has 5 nitrogen and oxygen atoms in total. The molecule has 25 heavy (non-hydrogen) atoms. The first kappa shape index (κ1) is 17.6. The van der Waals surface area contributed by atoms with Crippen molar-refractivity contribution in [1.29, 1.82) is 0 Å². The molecule has 1 unspecified atom stereocenters. The van der Waals surface area contributed by atoms with Crippen LogP contribution in [0.5, 0.6) is 0 Å². The van der Waals surface area contributed by atoms with Crippen molar-refractivity contribution < 1.29 is 0 Å². The van der Waals surface area contributed by atoms with Gasteiger partial charge in [-0.3, -0.25) is 0 Å². The van der Waals surface area contributed by atoms with Gasteiger partial charge in [-0.05, 0) is 73.1 Å². The van der Waals surface area contributed by atoms with Gasteiger partial charge in [0, 0.05) is 10.7 Å². The van der Waals surface area contributed by atoms with Crippen molar-refractivity contribution in [3.63, 3.8) is 0 Å². The van der Waals surface area contributed by atoms with Gasteiger partial charge < -0.3 is 11.2 Å². The lowest BCUT2D eigenvalue weighted by Gasteiger charge is -2.17. The molecule has 0 saturated heterocycles. The predicted octanol–water partition coefficient (Wildman–Crippen LogP) is 3.44. The smallest absolute Gasteiger partial charge is 0.0541 e. The van der Waals surface area contributed by atoms with Gasteiger partial charge in [-0.2, -0.15) is 0 Å². The van der Waals surface area contributed by atoms with E-state index in [1.54, 1.807) is 13.1 Å². The van der Waals surface area contributed by atoms with E-state index in [4.69, 9.17) is 23.2 Å². The van der Waals surface area contributed by atoms with Gasteiger partial charge in [0.25, 0.3) is 0 Å². The van der Waals surface area contributed by atoms with E-state index in [9.17, 15) is 0 Å². The van der Waals surface area contributed by atoms with Gasteiger partial charge in [-0.25, -0.2) is 11.0 Å². The number of anilines is 1. The molecule has 0 heterocycles. The van der Waals surface area contributed by atoms with Gasteiger partial charge >= 0.3 is 0 Å². The molecule has 0 spiro atoms. The lowest BCUT2D eigenvalue weighted by molar-refractivity contribution is 0.305. The van der Waals surface area contributed by atoms with Crippen LogP contribution in [-0.4, -0.2) is 5.12 Å². The summed E-state index contributed by atoms with van der Waals surface area (Å²) >= 11 is 6.16. The molecular weight excluding hydrogens is 334 g/mol. The first-order chi connectivity index (χ1) is 12.0. The Hall–Kier alpha value is -2.21. The van der Waals surface area contributed by atoms with Gasteiger partial charge in [0.05, 0.1) is 11.9 Å². The molecule has 3 rings (SSSR count). The zero-order chi connectivity index (χ0) is 17.8. The van der Waals surface area contributed by atoms with Gasteiger partial charge in [0.1, 0.15) is 0 Å². The van der Waals surface area contributed by atoms with Crippen LogP contribution in [0.1, 0.15) is 36.0 Å². The van der Waals surface area contributed by atoms with E-state index in [0.29, 0.717) is 11.6 Å². The number of rotatable bonds is 6. The number of nitrogens with one attached hydrogen (secondary N) is 2. The minimum Gasteiger partial charge on any atom is -0.401 e. The second-order valence-corrected chi connectivity index (χ2v) is 6.93. The first-order valence-corrected chi connectivity index (χ1v) is 8.76. The third-order valence-electron chi connectivity index (χ3n) is 4.42. The minimum absolute atomic E-state index is 0.544. The lowest BCUT2D eigenvalue weighted by atomic mass is 9.93. The highest BCUT2D eigenvalue weighted by atomic mass is 35.5. The topological polar surface area (TPSA) is 79.3 Å². The molecule has 0 aromatic heterocycles. The van der Waals surface area contributed by atoms with Crippen LogP contribution in [0, 0.1) is 0 Å². The Balaban J connectivity index is 1.59. The Labute approximate surface area is 153 Å². The number of fused-ring (bicyclic) bond motifs is 1. The molecule has 0 amide bonds. The van der Waals surface area contributed by atoms with Crippen LogP contribution in [0.15, 0.2) is 54.4 Å². The van der Waals surface area contributed by atoms with E-state index in [1.165, 1.54) is 28.2 Å². The fourth-order valence-electron chi connectivity index (χ4n) is 3.26. The number of hydrogen-bond acceptors (Lipinski definition) is 5. The number of nitrogens with zero attached hydrogens (tertiary/aromatic N) is 1. The number of benzene rings is 2. The third kappa shape index (κ3) is 4.66. The molecule has 0 saturated carbocycles. The highest BCUT2D eigenvalue weighted by Crippen LogP contribution is 2.37. The number of nitrogens with two attached hydrogens (primary N) is 2. The van der Waals surface area contributed by atoms with Crippen molar-refractivity contribution in [3.05, 3.63) is 76.1 Å². The molecule has 2 aromatic rings. The Morgan fingerprint density at radius 2 is 2.04 bits per heavy atom. The first-order valence-electron chi connectivity index (χ1n) is 8.38. The lowest BCUT2D eigenvalue weighted by Crippen LogP contribution is -2.43. The zero-order valence-corrected chi connectivity index (χ0v) is 15.1. The van der Waals surface area contributed by atoms with Gasteiger partial charge in [-0.1, -0.05) is 29.8 Å². The van der Waals surface area contributed by atoms with Gasteiger partial charge in [-0.15, -0.1) is 5.53 Å². The molecule has 0 aliphatic heterocycles. The van der Waals surface area contributed by atoms with Crippen molar-refractivity contribution in [1.82, 2.24) is 10.7 Å². The maximum Gasteiger partial charge on any atom is 0.0541 e. The monoisotopic (exact) mass is 357 g/mol. The molecule has 2 aromatic carbocycles. The summed E-state index contributed by atoms with van der Waals surface area (Å²) in [5, 5.41) is 2.10. The third-order valence-corrected chi connectivity index (χ3v) is 4.65. The molecule has 0 fully saturated rings. The van der Waals surface area contributed by atoms with Crippen molar-refractivity contribution in [2.45, 2.75) is 32.1 Å². The van der Waals surface area contributed by atoms with Crippen molar-refractivity contribution in [2.75, 3.05) is 5.43 Å². The van der Waals surface area contributed by atoms with E-state index in [0.717, 1.165) is 23.6 Å². The fourth-order valence-corrected chi connectivity index (χ4v) is 3.44. The molecule has 1 atom stereocenters. The molecule has 6 heteroatoms. The summed E-state index contributed by atoms with van der Waals surface area (Å²) in [7, 11) is 0. The Kier molecular flexibility index (Phi) is 5.48. The van der Waals surface area contributed by atoms with E-state index >= 15 is 0 Å². The maximum atomic E-state index is 6.16. The fraction of sp³-hybridized carbons (Fsp3) is 0.263. The molecule has 0 radical (unpaired) electrons. The Bertz CT molecular complexity index is 753. The second kappa shape index (κ2) is 7.78. The number of hydrazine groups is 3. The standard InChI is InChI=1S/C19H24ClN5/c1-13(21)12-25(22)24-23-18-8-2-14(3-9-18)10-16-5-4-15-6-7-17(20)11-19(15)16/h2-3,6-9,11-12,16,23-24H,4-5,10,21-22H2,1H3/b13-12-. The summed E-state index contributed by atoms with van der Waals surface area (Å²) in [6, 6.07) is 14.6. The minimum atomic E-state index is 0.544. The Morgan fingerprint density at radius 3 is 2.76 bits per heavy atom. The van der Waals surface area contributed by atoms with Crippen LogP contribution in [-0.2, 0) is 12.8 Å². The largest absolute Gasteiger partial charge is 0.401 e. The number of aryl methyl sites for hydroxylation is 1. The van der Waals surface area contributed by atoms with Crippen LogP contribution in [0.25, 0.3) is 0 Å². The SMILES string of the molecule is C/C(N)=C/N(N)NNc1ccc(CC2CCc3ccc(Cl)cc32)cc1. The van der Waals surface area contributed by atoms with E-state index < -0.39 is 0 Å². The Morgan fingerprint density at radius 1 is 1.28 bits per heavy atom. The highest BCUT2D eigenvalue weighted by Gasteiger charge is 2.22. The maximum absolute atomic E-state index is 6.16. The molecular formula is C19H24ClN5. The highest BCUT2D eigenvalue weighted by molar-refractivity contribution is 6.30. The molecule has 6 N–H and O–H groups in total. The van der Waals surface area contributed by atoms with Crippen LogP contribution in [0.2, 0.25) is 5.02 Å². The summed E-state index contributed by atoms with van der Waals surface area (Å²) in [6.45, 7) is 1.77. The number of halogens is 1. The van der Waals surface area contributed by atoms with E-state index in [1.807, 2.05) is 18.2 Å². The summed E-state index contributed by atoms with van der Waals surface area (Å²) < 4.78 is 0. The number of hydrogen-bond donors (Lipinski definition) is 4. The summed E-state index contributed by atoms with van der Waals surface area (Å²) in [4.78, 5) is 0. The molecule has 0 bridgehead atoms. The zero-order valence-electron chi connectivity index (χ0n) is 14.3. The summed E-state index contributed by atoms with van der Waals surface area (Å²) in [6.07, 6.45) is 4.94. The van der Waals surface area contributed by atoms with Gasteiger partial charge in [0.2, 0.25) is 0 Å². The average Bonchev–Trinajstić information content (AvgIpc) is 2.96. The van der Waals surface area contributed by atoms with Crippen molar-refractivity contribution in [3.8, 4) is 0 Å². The average molecular weight is 358 g/mol. The van der Waals surface area contributed by atoms with Crippen molar-refractivity contribution >= 4 is 17.3 Å². The van der Waals surface area contributed by atoms with Crippen LogP contribution in [0.4, 0.5) is 5.69 Å². The van der Waals surface area contributed by atoms with Crippen LogP contribution in [0.3, 0.4) is 0 Å². The number of allylic oxidation sites excluding steroid dienone is 1.